The van der Waals surface area contributed by atoms with Gasteiger partial charge in [-0.1, -0.05) is 21.8 Å². The molecule has 15 heavy (non-hydrogen) atoms. The lowest BCUT2D eigenvalue weighted by atomic mass is 10.2. The average molecular weight is 251 g/mol. The van der Waals surface area contributed by atoms with Crippen LogP contribution >= 0.6 is 0 Å². The fraction of sp³-hybridized carbons (Fsp3) is 0.143. The maximum atomic E-state index is 11.3. The van der Waals surface area contributed by atoms with Gasteiger partial charge in [-0.2, -0.15) is 8.42 Å². The first kappa shape index (κ1) is 12.1. The molecule has 84 valence electrons. The smallest absolute Gasteiger partial charge is 0.273 e. The molecule has 1 aromatic rings. The highest BCUT2D eigenvalue weighted by molar-refractivity contribution is 8.02. The normalized spacial score (nSPS) is 12.7. The molecule has 0 fully saturated rings. The van der Waals surface area contributed by atoms with Crippen LogP contribution < -0.4 is 4.13 Å². The van der Waals surface area contributed by atoms with E-state index in [9.17, 15) is 16.8 Å². The second-order valence-electron chi connectivity index (χ2n) is 2.87. The van der Waals surface area contributed by atoms with Crippen LogP contribution in [0.4, 0.5) is 0 Å². The van der Waals surface area contributed by atoms with E-state index in [1.165, 1.54) is 24.3 Å². The Bertz CT molecular complexity index is 544. The lowest BCUT2D eigenvalue weighted by Gasteiger charge is -2.03. The second-order valence-corrected chi connectivity index (χ2v) is 5.97. The topological polar surface area (TPSA) is 101 Å². The highest BCUT2D eigenvalue weighted by Crippen LogP contribution is 2.10. The molecular formula is C7H9NO5S2. The van der Waals surface area contributed by atoms with Crippen molar-refractivity contribution >= 4 is 20.3 Å². The van der Waals surface area contributed by atoms with E-state index in [2.05, 4.69) is 0 Å². The van der Waals surface area contributed by atoms with Crippen LogP contribution in [0, 0.1) is 6.92 Å². The fourth-order valence-corrected chi connectivity index (χ4v) is 2.89. The van der Waals surface area contributed by atoms with Gasteiger partial charge in [0.05, 0.1) is 4.90 Å². The van der Waals surface area contributed by atoms with Crippen molar-refractivity contribution in [3.05, 3.63) is 29.8 Å². The molecule has 6 nitrogen and oxygen atoms in total. The molecule has 0 spiro atoms. The molecule has 0 atom stereocenters. The van der Waals surface area contributed by atoms with Gasteiger partial charge in [0, 0.05) is 0 Å². The standard InChI is InChI=1S/C7H9NO5S2/c1-6-2-4-7(5-3-6)14(9,10)8-15(11,12)13/h2-5,8H,1H3,(H,11,12,13). The minimum atomic E-state index is -4.78. The van der Waals surface area contributed by atoms with Crippen LogP contribution in [0.3, 0.4) is 0 Å². The van der Waals surface area contributed by atoms with E-state index < -0.39 is 20.3 Å². The molecule has 0 bridgehead atoms. The first-order chi connectivity index (χ1) is 6.71. The number of hydrogen-bond acceptors (Lipinski definition) is 4. The Balaban J connectivity index is 3.13. The van der Waals surface area contributed by atoms with Crippen LogP contribution in [0.5, 0.6) is 0 Å². The highest BCUT2D eigenvalue weighted by atomic mass is 32.3. The predicted molar refractivity (Wildman–Crippen MR) is 53.0 cm³/mol. The minimum absolute atomic E-state index is 0.231. The molecule has 0 aliphatic rings. The molecule has 0 amide bonds. The van der Waals surface area contributed by atoms with Crippen molar-refractivity contribution in [2.45, 2.75) is 11.8 Å². The SMILES string of the molecule is Cc1ccc(S(=O)(=O)NS(=O)(=O)O)cc1. The van der Waals surface area contributed by atoms with Crippen molar-refractivity contribution in [2.75, 3.05) is 0 Å². The summed E-state index contributed by atoms with van der Waals surface area (Å²) in [6.45, 7) is 1.76. The number of hydrogen-bond donors (Lipinski definition) is 2. The lowest BCUT2D eigenvalue weighted by molar-refractivity contribution is 0.477. The summed E-state index contributed by atoms with van der Waals surface area (Å²) in [5.74, 6) is 0. The number of sulfonamides is 1. The minimum Gasteiger partial charge on any atom is -0.273 e. The Labute approximate surface area is 87.9 Å². The molecule has 0 saturated carbocycles. The fourth-order valence-electron chi connectivity index (χ4n) is 0.904. The summed E-state index contributed by atoms with van der Waals surface area (Å²) in [5, 5.41) is 0. The molecule has 2 N–H and O–H groups in total. The monoisotopic (exact) mass is 251 g/mol. The third-order valence-electron chi connectivity index (χ3n) is 1.55. The van der Waals surface area contributed by atoms with Gasteiger partial charge in [-0.25, -0.2) is 8.42 Å². The summed E-state index contributed by atoms with van der Waals surface area (Å²) < 4.78 is 52.8. The molecule has 0 heterocycles. The summed E-state index contributed by atoms with van der Waals surface area (Å²) in [6, 6.07) is 5.50. The van der Waals surface area contributed by atoms with Crippen LogP contribution in [0.2, 0.25) is 0 Å². The van der Waals surface area contributed by atoms with Crippen LogP contribution in [0.1, 0.15) is 5.56 Å². The zero-order valence-corrected chi connectivity index (χ0v) is 9.34. The van der Waals surface area contributed by atoms with E-state index in [4.69, 9.17) is 4.55 Å². The van der Waals surface area contributed by atoms with Crippen LogP contribution in [-0.4, -0.2) is 21.4 Å². The Morgan fingerprint density at radius 1 is 1.07 bits per heavy atom. The van der Waals surface area contributed by atoms with Crippen molar-refractivity contribution in [3.8, 4) is 0 Å². The van der Waals surface area contributed by atoms with Gasteiger partial charge in [0.15, 0.2) is 0 Å². The predicted octanol–water partition coefficient (Wildman–Crippen LogP) is 0.0761. The van der Waals surface area contributed by atoms with Crippen molar-refractivity contribution < 1.29 is 21.4 Å². The van der Waals surface area contributed by atoms with E-state index in [0.717, 1.165) is 9.69 Å². The molecule has 1 rings (SSSR count). The summed E-state index contributed by atoms with van der Waals surface area (Å²) >= 11 is 0. The number of rotatable bonds is 3. The molecule has 0 radical (unpaired) electrons. The van der Waals surface area contributed by atoms with Gasteiger partial charge in [0.2, 0.25) is 0 Å². The van der Waals surface area contributed by atoms with Gasteiger partial charge in [0.25, 0.3) is 10.0 Å². The van der Waals surface area contributed by atoms with E-state index >= 15 is 0 Å². The molecular weight excluding hydrogens is 242 g/mol. The third kappa shape index (κ3) is 3.59. The van der Waals surface area contributed by atoms with Crippen molar-refractivity contribution in [1.29, 1.82) is 0 Å². The number of aryl methyl sites for hydroxylation is 1. The Kier molecular flexibility index (Phi) is 3.14. The average Bonchev–Trinajstić information content (AvgIpc) is 2.00. The van der Waals surface area contributed by atoms with Crippen molar-refractivity contribution in [2.24, 2.45) is 0 Å². The molecule has 0 aliphatic heterocycles. The molecule has 8 heteroatoms. The summed E-state index contributed by atoms with van der Waals surface area (Å²) in [4.78, 5) is -0.231. The number of nitrogens with one attached hydrogen (secondary N) is 1. The molecule has 0 unspecified atom stereocenters. The van der Waals surface area contributed by atoms with Gasteiger partial charge in [0.1, 0.15) is 0 Å². The largest absolute Gasteiger partial charge is 0.346 e. The summed E-state index contributed by atoms with van der Waals surface area (Å²) in [6.07, 6.45) is 0. The van der Waals surface area contributed by atoms with Gasteiger partial charge < -0.3 is 0 Å². The number of benzene rings is 1. The van der Waals surface area contributed by atoms with Gasteiger partial charge >= 0.3 is 10.3 Å². The summed E-state index contributed by atoms with van der Waals surface area (Å²) in [7, 11) is -9.00. The summed E-state index contributed by atoms with van der Waals surface area (Å²) in [5.41, 5.74) is 0.834. The molecule has 1 aromatic carbocycles. The van der Waals surface area contributed by atoms with Crippen molar-refractivity contribution in [3.63, 3.8) is 0 Å². The Morgan fingerprint density at radius 2 is 1.53 bits per heavy atom. The molecule has 0 aliphatic carbocycles. The second kappa shape index (κ2) is 3.89. The molecule has 0 aromatic heterocycles. The van der Waals surface area contributed by atoms with Crippen LogP contribution in [0.25, 0.3) is 0 Å². The molecule has 0 saturated heterocycles. The van der Waals surface area contributed by atoms with Gasteiger partial charge in [-0.3, -0.25) is 4.55 Å². The first-order valence-corrected chi connectivity index (χ1v) is 6.71. The maximum Gasteiger partial charge on any atom is 0.346 e. The lowest BCUT2D eigenvalue weighted by Crippen LogP contribution is -2.29. The van der Waals surface area contributed by atoms with E-state index in [0.29, 0.717) is 0 Å². The van der Waals surface area contributed by atoms with Crippen LogP contribution in [0.15, 0.2) is 29.2 Å². The quantitative estimate of drug-likeness (QED) is 0.741. The van der Waals surface area contributed by atoms with Crippen LogP contribution in [-0.2, 0) is 20.3 Å². The van der Waals surface area contributed by atoms with Gasteiger partial charge in [-0.15, -0.1) is 0 Å². The van der Waals surface area contributed by atoms with Gasteiger partial charge in [-0.05, 0) is 19.1 Å². The van der Waals surface area contributed by atoms with E-state index in [-0.39, 0.29) is 4.90 Å². The third-order valence-corrected chi connectivity index (χ3v) is 4.16. The first-order valence-electron chi connectivity index (χ1n) is 3.78. The van der Waals surface area contributed by atoms with E-state index in [1.54, 1.807) is 6.92 Å². The zero-order valence-electron chi connectivity index (χ0n) is 7.71. The maximum absolute atomic E-state index is 11.3. The van der Waals surface area contributed by atoms with Crippen molar-refractivity contribution in [1.82, 2.24) is 4.13 Å². The Hall–Kier alpha value is -0.960. The Morgan fingerprint density at radius 3 is 1.93 bits per heavy atom. The zero-order chi connectivity index (χ0) is 11.7. The van der Waals surface area contributed by atoms with E-state index in [1.807, 2.05) is 0 Å². The highest BCUT2D eigenvalue weighted by Gasteiger charge is 2.20.